The van der Waals surface area contributed by atoms with Crippen LogP contribution in [0.5, 0.6) is 0 Å². The first-order valence-electron chi connectivity index (χ1n) is 5.89. The van der Waals surface area contributed by atoms with E-state index in [0.29, 0.717) is 12.0 Å². The van der Waals surface area contributed by atoms with Crippen molar-refractivity contribution >= 4 is 0 Å². The van der Waals surface area contributed by atoms with Crippen LogP contribution in [0.3, 0.4) is 0 Å². The monoisotopic (exact) mass is 210 g/mol. The lowest BCUT2D eigenvalue weighted by molar-refractivity contribution is -0.165. The van der Waals surface area contributed by atoms with Gasteiger partial charge in [0.15, 0.2) is 0 Å². The lowest BCUT2D eigenvalue weighted by Crippen LogP contribution is -2.43. The van der Waals surface area contributed by atoms with Crippen LogP contribution in [0.2, 0.25) is 0 Å². The molecule has 0 saturated carbocycles. The normalized spacial score (nSPS) is 27.8. The van der Waals surface area contributed by atoms with Crippen LogP contribution in [0.15, 0.2) is 11.3 Å². The maximum absolute atomic E-state index is 5.49. The molecule has 0 N–H and O–H groups in total. The minimum atomic E-state index is 0.490. The van der Waals surface area contributed by atoms with Crippen molar-refractivity contribution in [3.05, 3.63) is 11.3 Å². The summed E-state index contributed by atoms with van der Waals surface area (Å²) in [7, 11) is 4.00. The molecule has 15 heavy (non-hydrogen) atoms. The Bertz CT molecular complexity index is 273. The summed E-state index contributed by atoms with van der Waals surface area (Å²) in [5.74, 6) is 0.627. The summed E-state index contributed by atoms with van der Waals surface area (Å²) >= 11 is 0. The maximum Gasteiger partial charge on any atom is 0.0605 e. The molecule has 0 fully saturated rings. The van der Waals surface area contributed by atoms with E-state index in [1.54, 1.807) is 18.4 Å². The molecule has 0 amide bonds. The Kier molecular flexibility index (Phi) is 3.03. The van der Waals surface area contributed by atoms with Crippen molar-refractivity contribution in [2.45, 2.75) is 32.7 Å². The molecule has 86 valence electrons. The Hall–Kier alpha value is -0.540. The van der Waals surface area contributed by atoms with Crippen molar-refractivity contribution in [2.75, 3.05) is 27.2 Å². The molecule has 2 aliphatic rings. The standard InChI is InChI=1S/C12H22N2O/c1-9(2)12-10-5-7-13(3)11(10)6-8-14(12)15-4/h9,12H,5-8H2,1-4H3. The minimum absolute atomic E-state index is 0.490. The van der Waals surface area contributed by atoms with Gasteiger partial charge in [-0.2, -0.15) is 5.06 Å². The fraction of sp³-hybridized carbons (Fsp3) is 0.833. The van der Waals surface area contributed by atoms with Crippen molar-refractivity contribution in [1.29, 1.82) is 0 Å². The highest BCUT2D eigenvalue weighted by atomic mass is 16.7. The first-order chi connectivity index (χ1) is 7.15. The van der Waals surface area contributed by atoms with Crippen molar-refractivity contribution in [3.63, 3.8) is 0 Å². The summed E-state index contributed by atoms with van der Waals surface area (Å²) in [4.78, 5) is 7.90. The number of hydroxylamine groups is 2. The molecule has 3 nitrogen and oxygen atoms in total. The second kappa shape index (κ2) is 4.14. The number of hydrogen-bond acceptors (Lipinski definition) is 3. The molecule has 0 saturated heterocycles. The lowest BCUT2D eigenvalue weighted by Gasteiger charge is -2.38. The van der Waals surface area contributed by atoms with E-state index in [4.69, 9.17) is 4.84 Å². The van der Waals surface area contributed by atoms with E-state index in [0.717, 1.165) is 13.0 Å². The van der Waals surface area contributed by atoms with E-state index >= 15 is 0 Å². The molecule has 0 spiro atoms. The molecular weight excluding hydrogens is 188 g/mol. The quantitative estimate of drug-likeness (QED) is 0.692. The fourth-order valence-electron chi connectivity index (χ4n) is 2.95. The number of hydrogen-bond donors (Lipinski definition) is 0. The zero-order valence-electron chi connectivity index (χ0n) is 10.3. The molecule has 0 radical (unpaired) electrons. The van der Waals surface area contributed by atoms with Gasteiger partial charge in [-0.3, -0.25) is 0 Å². The number of rotatable bonds is 2. The highest BCUT2D eigenvalue weighted by Gasteiger charge is 2.35. The average Bonchev–Trinajstić information content (AvgIpc) is 2.58. The van der Waals surface area contributed by atoms with E-state index in [1.807, 2.05) is 0 Å². The molecule has 0 aromatic heterocycles. The average molecular weight is 210 g/mol. The van der Waals surface area contributed by atoms with Gasteiger partial charge in [0.25, 0.3) is 0 Å². The van der Waals surface area contributed by atoms with Gasteiger partial charge >= 0.3 is 0 Å². The van der Waals surface area contributed by atoms with Gasteiger partial charge < -0.3 is 9.74 Å². The van der Waals surface area contributed by atoms with E-state index in [1.165, 1.54) is 13.0 Å². The molecule has 2 heterocycles. The fourth-order valence-corrected chi connectivity index (χ4v) is 2.95. The molecule has 2 rings (SSSR count). The van der Waals surface area contributed by atoms with Crippen LogP contribution in [-0.2, 0) is 4.84 Å². The maximum atomic E-state index is 5.49. The van der Waals surface area contributed by atoms with Crippen LogP contribution >= 0.6 is 0 Å². The van der Waals surface area contributed by atoms with Gasteiger partial charge in [-0.25, -0.2) is 0 Å². The predicted molar refractivity (Wildman–Crippen MR) is 61.2 cm³/mol. The van der Waals surface area contributed by atoms with Gasteiger partial charge in [0.1, 0.15) is 0 Å². The first-order valence-corrected chi connectivity index (χ1v) is 5.89. The van der Waals surface area contributed by atoms with Crippen LogP contribution in [0.1, 0.15) is 26.7 Å². The largest absolute Gasteiger partial charge is 0.378 e. The summed E-state index contributed by atoms with van der Waals surface area (Å²) in [6.45, 7) is 6.78. The molecule has 0 aromatic rings. The Balaban J connectivity index is 2.27. The van der Waals surface area contributed by atoms with Crippen LogP contribution < -0.4 is 0 Å². The van der Waals surface area contributed by atoms with Crippen LogP contribution in [0.25, 0.3) is 0 Å². The molecule has 3 heteroatoms. The van der Waals surface area contributed by atoms with Gasteiger partial charge in [0, 0.05) is 32.3 Å². The Morgan fingerprint density at radius 1 is 1.27 bits per heavy atom. The molecular formula is C12H22N2O. The van der Waals surface area contributed by atoms with Crippen LogP contribution in [0.4, 0.5) is 0 Å². The van der Waals surface area contributed by atoms with E-state index in [-0.39, 0.29) is 0 Å². The van der Waals surface area contributed by atoms with Crippen molar-refractivity contribution in [3.8, 4) is 0 Å². The van der Waals surface area contributed by atoms with Crippen molar-refractivity contribution in [2.24, 2.45) is 5.92 Å². The van der Waals surface area contributed by atoms with E-state index < -0.39 is 0 Å². The van der Waals surface area contributed by atoms with Crippen LogP contribution in [-0.4, -0.2) is 43.3 Å². The Labute approximate surface area is 92.6 Å². The van der Waals surface area contributed by atoms with Gasteiger partial charge in [-0.05, 0) is 17.9 Å². The topological polar surface area (TPSA) is 15.7 Å². The Morgan fingerprint density at radius 3 is 2.60 bits per heavy atom. The minimum Gasteiger partial charge on any atom is -0.378 e. The SMILES string of the molecule is CON1CCC2=C(CCN2C)C1C(C)C. The summed E-state index contributed by atoms with van der Waals surface area (Å²) < 4.78 is 0. The molecule has 0 bridgehead atoms. The zero-order chi connectivity index (χ0) is 11.0. The van der Waals surface area contributed by atoms with Gasteiger partial charge in [0.05, 0.1) is 13.2 Å². The smallest absolute Gasteiger partial charge is 0.0605 e. The van der Waals surface area contributed by atoms with E-state index in [9.17, 15) is 0 Å². The molecule has 1 unspecified atom stereocenters. The summed E-state index contributed by atoms with van der Waals surface area (Å²) in [6.07, 6.45) is 2.36. The molecule has 0 aliphatic carbocycles. The second-order valence-corrected chi connectivity index (χ2v) is 4.91. The third-order valence-corrected chi connectivity index (χ3v) is 3.65. The second-order valence-electron chi connectivity index (χ2n) is 4.91. The zero-order valence-corrected chi connectivity index (χ0v) is 10.3. The highest BCUT2D eigenvalue weighted by Crippen LogP contribution is 2.36. The van der Waals surface area contributed by atoms with Crippen molar-refractivity contribution in [1.82, 2.24) is 9.96 Å². The third-order valence-electron chi connectivity index (χ3n) is 3.65. The molecule has 0 aromatic carbocycles. The molecule has 1 atom stereocenters. The summed E-state index contributed by atoms with van der Waals surface area (Å²) in [5.41, 5.74) is 3.18. The predicted octanol–water partition coefficient (Wildman–Crippen LogP) is 1.87. The first kappa shape index (κ1) is 11.0. The Morgan fingerprint density at radius 2 is 2.00 bits per heavy atom. The molecule has 2 aliphatic heterocycles. The summed E-state index contributed by atoms with van der Waals surface area (Å²) in [5, 5.41) is 2.16. The van der Waals surface area contributed by atoms with Gasteiger partial charge in [-0.1, -0.05) is 13.8 Å². The number of nitrogens with zero attached hydrogens (tertiary/aromatic N) is 2. The summed E-state index contributed by atoms with van der Waals surface area (Å²) in [6, 6.07) is 0.490. The van der Waals surface area contributed by atoms with Crippen molar-refractivity contribution < 1.29 is 4.84 Å². The van der Waals surface area contributed by atoms with E-state index in [2.05, 4.69) is 30.9 Å². The van der Waals surface area contributed by atoms with Gasteiger partial charge in [-0.15, -0.1) is 0 Å². The highest BCUT2D eigenvalue weighted by molar-refractivity contribution is 5.27. The third kappa shape index (κ3) is 1.79. The van der Waals surface area contributed by atoms with Gasteiger partial charge in [0.2, 0.25) is 0 Å². The van der Waals surface area contributed by atoms with Crippen LogP contribution in [0, 0.1) is 5.92 Å². The lowest BCUT2D eigenvalue weighted by atomic mass is 9.90.